The van der Waals surface area contributed by atoms with Crippen LogP contribution in [-0.2, 0) is 16.1 Å². The molecule has 0 radical (unpaired) electrons. The molecule has 0 heterocycles. The highest BCUT2D eigenvalue weighted by Crippen LogP contribution is 2.28. The van der Waals surface area contributed by atoms with Gasteiger partial charge in [-0.25, -0.2) is 4.39 Å². The predicted octanol–water partition coefficient (Wildman–Crippen LogP) is 2.00. The quantitative estimate of drug-likeness (QED) is 0.488. The molecular weight excluding hydrogens is 333 g/mol. The lowest BCUT2D eigenvalue weighted by atomic mass is 10.2. The molecule has 9 heteroatoms. The molecule has 0 unspecified atom stereocenters. The number of nitro groups is 1. The number of hydrogen-bond donors (Lipinski definition) is 2. The van der Waals surface area contributed by atoms with Crippen LogP contribution in [-0.4, -0.2) is 23.8 Å². The lowest BCUT2D eigenvalue weighted by molar-refractivity contribution is -0.384. The summed E-state index contributed by atoms with van der Waals surface area (Å²) in [4.78, 5) is 33.9. The zero-order valence-corrected chi connectivity index (χ0v) is 13.1. The minimum absolute atomic E-state index is 0.00127. The molecule has 2 aromatic rings. The first-order chi connectivity index (χ1) is 11.9. The van der Waals surface area contributed by atoms with Crippen molar-refractivity contribution in [1.82, 2.24) is 5.32 Å². The number of halogens is 1. The summed E-state index contributed by atoms with van der Waals surface area (Å²) >= 11 is 0. The standard InChI is InChI=1S/C16H14FN3O5/c1-25-14-7-6-12(20(23)24)8-13(14)19-16(22)15(21)18-9-10-2-4-11(17)5-3-10/h2-8H,9H2,1H3,(H,18,21)(H,19,22). The van der Waals surface area contributed by atoms with Crippen LogP contribution < -0.4 is 15.4 Å². The highest BCUT2D eigenvalue weighted by Gasteiger charge is 2.18. The van der Waals surface area contributed by atoms with Crippen molar-refractivity contribution < 1.29 is 23.6 Å². The van der Waals surface area contributed by atoms with E-state index in [0.717, 1.165) is 6.07 Å². The summed E-state index contributed by atoms with van der Waals surface area (Å²) in [5.74, 6) is -2.20. The molecule has 2 amide bonds. The maximum absolute atomic E-state index is 12.8. The van der Waals surface area contributed by atoms with Crippen molar-refractivity contribution >= 4 is 23.2 Å². The highest BCUT2D eigenvalue weighted by molar-refractivity contribution is 6.39. The van der Waals surface area contributed by atoms with Crippen LogP contribution in [0.3, 0.4) is 0 Å². The Morgan fingerprint density at radius 3 is 2.44 bits per heavy atom. The van der Waals surface area contributed by atoms with Crippen molar-refractivity contribution in [2.24, 2.45) is 0 Å². The molecule has 2 N–H and O–H groups in total. The van der Waals surface area contributed by atoms with Gasteiger partial charge in [-0.1, -0.05) is 12.1 Å². The van der Waals surface area contributed by atoms with Gasteiger partial charge in [-0.3, -0.25) is 19.7 Å². The van der Waals surface area contributed by atoms with Gasteiger partial charge in [0.05, 0.1) is 17.7 Å². The maximum Gasteiger partial charge on any atom is 0.313 e. The molecule has 8 nitrogen and oxygen atoms in total. The molecule has 25 heavy (non-hydrogen) atoms. The van der Waals surface area contributed by atoms with Gasteiger partial charge in [0.25, 0.3) is 5.69 Å². The molecule has 0 fully saturated rings. The molecule has 0 aliphatic carbocycles. The Labute approximate surface area is 141 Å². The SMILES string of the molecule is COc1ccc([N+](=O)[O-])cc1NC(=O)C(=O)NCc1ccc(F)cc1. The van der Waals surface area contributed by atoms with Gasteiger partial charge < -0.3 is 15.4 Å². The van der Waals surface area contributed by atoms with Gasteiger partial charge in [0, 0.05) is 18.7 Å². The zero-order chi connectivity index (χ0) is 18.4. The van der Waals surface area contributed by atoms with Crippen LogP contribution in [0.5, 0.6) is 5.75 Å². The number of nitrogens with zero attached hydrogens (tertiary/aromatic N) is 1. The monoisotopic (exact) mass is 347 g/mol. The van der Waals surface area contributed by atoms with Crippen LogP contribution in [0, 0.1) is 15.9 Å². The number of nitrogens with one attached hydrogen (secondary N) is 2. The van der Waals surface area contributed by atoms with Crippen LogP contribution in [0.15, 0.2) is 42.5 Å². The van der Waals surface area contributed by atoms with Gasteiger partial charge in [-0.15, -0.1) is 0 Å². The molecule has 0 aromatic heterocycles. The normalized spacial score (nSPS) is 10.0. The Morgan fingerprint density at radius 2 is 1.84 bits per heavy atom. The minimum atomic E-state index is -1.01. The van der Waals surface area contributed by atoms with Crippen molar-refractivity contribution in [3.8, 4) is 5.75 Å². The number of hydrogen-bond acceptors (Lipinski definition) is 5. The number of benzene rings is 2. The number of carbonyl (C=O) groups excluding carboxylic acids is 2. The molecule has 0 spiro atoms. The van der Waals surface area contributed by atoms with E-state index in [1.807, 2.05) is 0 Å². The summed E-state index contributed by atoms with van der Waals surface area (Å²) in [5, 5.41) is 15.4. The number of anilines is 1. The van der Waals surface area contributed by atoms with Gasteiger partial charge in [-0.2, -0.15) is 0 Å². The number of ether oxygens (including phenoxy) is 1. The number of rotatable bonds is 5. The van der Waals surface area contributed by atoms with Crippen LogP contribution in [0.2, 0.25) is 0 Å². The van der Waals surface area contributed by atoms with E-state index >= 15 is 0 Å². The van der Waals surface area contributed by atoms with Gasteiger partial charge in [0.1, 0.15) is 11.6 Å². The van der Waals surface area contributed by atoms with Crippen molar-refractivity contribution in [3.05, 3.63) is 64.0 Å². The van der Waals surface area contributed by atoms with Crippen molar-refractivity contribution in [2.75, 3.05) is 12.4 Å². The molecular formula is C16H14FN3O5. The Hall–Kier alpha value is -3.49. The van der Waals surface area contributed by atoms with E-state index in [0.29, 0.717) is 5.56 Å². The molecule has 0 aliphatic rings. The van der Waals surface area contributed by atoms with Crippen molar-refractivity contribution in [1.29, 1.82) is 0 Å². The Bertz CT molecular complexity index is 808. The summed E-state index contributed by atoms with van der Waals surface area (Å²) < 4.78 is 17.8. The largest absolute Gasteiger partial charge is 0.495 e. The van der Waals surface area contributed by atoms with Crippen molar-refractivity contribution in [2.45, 2.75) is 6.54 Å². The zero-order valence-electron chi connectivity index (χ0n) is 13.1. The van der Waals surface area contributed by atoms with Crippen LogP contribution in [0.25, 0.3) is 0 Å². The third-order valence-electron chi connectivity index (χ3n) is 3.21. The van der Waals surface area contributed by atoms with Gasteiger partial charge >= 0.3 is 11.8 Å². The summed E-state index contributed by atoms with van der Waals surface area (Å²) in [6.07, 6.45) is 0. The maximum atomic E-state index is 12.8. The number of methoxy groups -OCH3 is 1. The van der Waals surface area contributed by atoms with Crippen molar-refractivity contribution in [3.63, 3.8) is 0 Å². The first kappa shape index (κ1) is 17.9. The van der Waals surface area contributed by atoms with E-state index in [4.69, 9.17) is 4.74 Å². The first-order valence-corrected chi connectivity index (χ1v) is 7.06. The summed E-state index contributed by atoms with van der Waals surface area (Å²) in [6.45, 7) is 0.0264. The fourth-order valence-corrected chi connectivity index (χ4v) is 1.95. The number of non-ortho nitro benzene ring substituents is 1. The molecule has 0 saturated heterocycles. The second-order valence-corrected chi connectivity index (χ2v) is 4.90. The third kappa shape index (κ3) is 4.74. The molecule has 0 atom stereocenters. The summed E-state index contributed by atoms with van der Waals surface area (Å²) in [5.41, 5.74) is 0.344. The topological polar surface area (TPSA) is 111 Å². The molecule has 2 rings (SSSR count). The van der Waals surface area contributed by atoms with Gasteiger partial charge in [0.2, 0.25) is 0 Å². The average molecular weight is 347 g/mol. The average Bonchev–Trinajstić information content (AvgIpc) is 2.60. The number of carbonyl (C=O) groups is 2. The second-order valence-electron chi connectivity index (χ2n) is 4.90. The molecule has 0 bridgehead atoms. The Morgan fingerprint density at radius 1 is 1.16 bits per heavy atom. The molecule has 2 aromatic carbocycles. The fourth-order valence-electron chi connectivity index (χ4n) is 1.95. The van der Waals surface area contributed by atoms with E-state index in [-0.39, 0.29) is 23.7 Å². The minimum Gasteiger partial charge on any atom is -0.495 e. The Balaban J connectivity index is 2.03. The molecule has 130 valence electrons. The van der Waals surface area contributed by atoms with E-state index in [2.05, 4.69) is 10.6 Å². The van der Waals surface area contributed by atoms with Gasteiger partial charge in [0.15, 0.2) is 0 Å². The smallest absolute Gasteiger partial charge is 0.313 e. The third-order valence-corrected chi connectivity index (χ3v) is 3.21. The fraction of sp³-hybridized carbons (Fsp3) is 0.125. The molecule has 0 aliphatic heterocycles. The predicted molar refractivity (Wildman–Crippen MR) is 86.5 cm³/mol. The van der Waals surface area contributed by atoms with Crippen LogP contribution in [0.4, 0.5) is 15.8 Å². The number of amides is 2. The van der Waals surface area contributed by atoms with Gasteiger partial charge in [-0.05, 0) is 23.8 Å². The van der Waals surface area contributed by atoms with E-state index in [9.17, 15) is 24.1 Å². The Kier molecular flexibility index (Phi) is 5.62. The second kappa shape index (κ2) is 7.86. The first-order valence-electron chi connectivity index (χ1n) is 7.06. The highest BCUT2D eigenvalue weighted by atomic mass is 19.1. The lowest BCUT2D eigenvalue weighted by Crippen LogP contribution is -2.35. The van der Waals surface area contributed by atoms with Crippen LogP contribution in [0.1, 0.15) is 5.56 Å². The van der Waals surface area contributed by atoms with E-state index < -0.39 is 22.6 Å². The lowest BCUT2D eigenvalue weighted by Gasteiger charge is -2.10. The number of nitro benzene ring substituents is 1. The summed E-state index contributed by atoms with van der Waals surface area (Å²) in [7, 11) is 1.32. The van der Waals surface area contributed by atoms with Crippen LogP contribution >= 0.6 is 0 Å². The molecule has 0 saturated carbocycles. The summed E-state index contributed by atoms with van der Waals surface area (Å²) in [6, 6.07) is 9.01. The van der Waals surface area contributed by atoms with E-state index in [1.165, 1.54) is 43.5 Å². The van der Waals surface area contributed by atoms with E-state index in [1.54, 1.807) is 0 Å².